The van der Waals surface area contributed by atoms with Gasteiger partial charge in [0.05, 0.1) is 23.4 Å². The molecule has 0 unspecified atom stereocenters. The number of halogens is 3. The fourth-order valence-electron chi connectivity index (χ4n) is 1.74. The fourth-order valence-corrected chi connectivity index (χ4v) is 2.00. The molecule has 6 heteroatoms. The number of rotatable bonds is 3. The minimum absolute atomic E-state index is 0.111. The highest BCUT2D eigenvalue weighted by atomic mass is 35.5. The summed E-state index contributed by atoms with van der Waals surface area (Å²) < 4.78 is 32.0. The minimum atomic E-state index is -0.955. The second-order valence-corrected chi connectivity index (χ2v) is 4.44. The van der Waals surface area contributed by atoms with Gasteiger partial charge in [0.15, 0.2) is 11.6 Å². The molecule has 0 aromatic heterocycles. The first-order valence-electron chi connectivity index (χ1n) is 5.56. The molecule has 0 saturated carbocycles. The third-order valence-corrected chi connectivity index (χ3v) is 3.02. The maximum Gasteiger partial charge on any atom is 0.196 e. The van der Waals surface area contributed by atoms with Crippen molar-refractivity contribution in [1.82, 2.24) is 0 Å². The Morgan fingerprint density at radius 3 is 2.55 bits per heavy atom. The summed E-state index contributed by atoms with van der Waals surface area (Å²) in [6.45, 7) is 0. The van der Waals surface area contributed by atoms with E-state index < -0.39 is 28.7 Å². The van der Waals surface area contributed by atoms with Crippen LogP contribution in [0.2, 0.25) is 5.02 Å². The van der Waals surface area contributed by atoms with Gasteiger partial charge in [-0.3, -0.25) is 4.79 Å². The number of methoxy groups -OCH3 is 1. The van der Waals surface area contributed by atoms with Gasteiger partial charge in [-0.05, 0) is 30.3 Å². The standard InChI is InChI=1S/C14H10ClF2NO2/c1-20-12-3-2-7(4-10(12)15)14(19)9-5-8(16)6-11(18)13(9)17/h2-6H,18H2,1H3. The lowest BCUT2D eigenvalue weighted by atomic mass is 10.0. The van der Waals surface area contributed by atoms with E-state index in [9.17, 15) is 13.6 Å². The highest BCUT2D eigenvalue weighted by molar-refractivity contribution is 6.32. The van der Waals surface area contributed by atoms with Crippen LogP contribution in [0, 0.1) is 11.6 Å². The van der Waals surface area contributed by atoms with Crippen LogP contribution in [0.15, 0.2) is 30.3 Å². The molecule has 0 atom stereocenters. The molecule has 104 valence electrons. The van der Waals surface area contributed by atoms with E-state index in [1.165, 1.54) is 25.3 Å². The van der Waals surface area contributed by atoms with Crippen LogP contribution < -0.4 is 10.5 Å². The average molecular weight is 298 g/mol. The lowest BCUT2D eigenvalue weighted by molar-refractivity contribution is 0.103. The topological polar surface area (TPSA) is 52.3 Å². The van der Waals surface area contributed by atoms with Crippen molar-refractivity contribution in [3.05, 3.63) is 58.1 Å². The lowest BCUT2D eigenvalue weighted by Gasteiger charge is -2.08. The summed E-state index contributed by atoms with van der Waals surface area (Å²) in [6.07, 6.45) is 0. The van der Waals surface area contributed by atoms with Crippen LogP contribution in [0.4, 0.5) is 14.5 Å². The van der Waals surface area contributed by atoms with Crippen molar-refractivity contribution in [2.24, 2.45) is 0 Å². The molecular weight excluding hydrogens is 288 g/mol. The van der Waals surface area contributed by atoms with Crippen LogP contribution in [0.3, 0.4) is 0 Å². The van der Waals surface area contributed by atoms with E-state index in [-0.39, 0.29) is 10.6 Å². The number of ketones is 1. The monoisotopic (exact) mass is 297 g/mol. The highest BCUT2D eigenvalue weighted by Crippen LogP contribution is 2.27. The number of nitrogen functional groups attached to an aromatic ring is 1. The SMILES string of the molecule is COc1ccc(C(=O)c2cc(F)cc(N)c2F)cc1Cl. The van der Waals surface area contributed by atoms with Crippen LogP contribution in [0.5, 0.6) is 5.75 Å². The Morgan fingerprint density at radius 2 is 1.95 bits per heavy atom. The maximum absolute atomic E-state index is 13.8. The van der Waals surface area contributed by atoms with E-state index in [2.05, 4.69) is 0 Å². The van der Waals surface area contributed by atoms with Crippen LogP contribution in [0.25, 0.3) is 0 Å². The zero-order valence-electron chi connectivity index (χ0n) is 10.4. The summed E-state index contributed by atoms with van der Waals surface area (Å²) in [5, 5.41) is 0.197. The number of carbonyl (C=O) groups excluding carboxylic acids is 1. The number of carbonyl (C=O) groups is 1. The van der Waals surface area contributed by atoms with Gasteiger partial charge in [-0.2, -0.15) is 0 Å². The van der Waals surface area contributed by atoms with E-state index in [0.717, 1.165) is 12.1 Å². The molecule has 0 fully saturated rings. The zero-order valence-corrected chi connectivity index (χ0v) is 11.2. The van der Waals surface area contributed by atoms with Crippen molar-refractivity contribution in [3.8, 4) is 5.75 Å². The first kappa shape index (κ1) is 14.3. The Balaban J connectivity index is 2.49. The average Bonchev–Trinajstić information content (AvgIpc) is 2.42. The predicted octanol–water partition coefficient (Wildman–Crippen LogP) is 3.44. The van der Waals surface area contributed by atoms with Gasteiger partial charge in [-0.1, -0.05) is 11.6 Å². The molecule has 0 aliphatic heterocycles. The van der Waals surface area contributed by atoms with E-state index in [0.29, 0.717) is 5.75 Å². The van der Waals surface area contributed by atoms with Crippen LogP contribution in [0.1, 0.15) is 15.9 Å². The summed E-state index contributed by atoms with van der Waals surface area (Å²) in [7, 11) is 1.43. The molecule has 2 rings (SSSR count). The lowest BCUT2D eigenvalue weighted by Crippen LogP contribution is -2.07. The molecule has 3 nitrogen and oxygen atoms in total. The molecule has 0 radical (unpaired) electrons. The van der Waals surface area contributed by atoms with Gasteiger partial charge in [-0.25, -0.2) is 8.78 Å². The zero-order chi connectivity index (χ0) is 14.9. The number of hydrogen-bond acceptors (Lipinski definition) is 3. The molecule has 20 heavy (non-hydrogen) atoms. The summed E-state index contributed by atoms with van der Waals surface area (Å²) in [5.74, 6) is -2.07. The van der Waals surface area contributed by atoms with Gasteiger partial charge in [0.1, 0.15) is 11.6 Å². The van der Waals surface area contributed by atoms with Crippen LogP contribution in [-0.2, 0) is 0 Å². The second-order valence-electron chi connectivity index (χ2n) is 4.04. The third-order valence-electron chi connectivity index (χ3n) is 2.72. The summed E-state index contributed by atoms with van der Waals surface area (Å²) in [4.78, 5) is 12.2. The van der Waals surface area contributed by atoms with Crippen LogP contribution >= 0.6 is 11.6 Å². The third kappa shape index (κ3) is 2.58. The predicted molar refractivity (Wildman–Crippen MR) is 72.2 cm³/mol. The number of benzene rings is 2. The quantitative estimate of drug-likeness (QED) is 0.697. The molecule has 0 amide bonds. The summed E-state index contributed by atoms with van der Waals surface area (Å²) in [6, 6.07) is 5.81. The van der Waals surface area contributed by atoms with Crippen molar-refractivity contribution < 1.29 is 18.3 Å². The molecule has 2 aromatic carbocycles. The highest BCUT2D eigenvalue weighted by Gasteiger charge is 2.18. The minimum Gasteiger partial charge on any atom is -0.495 e. The van der Waals surface area contributed by atoms with Crippen molar-refractivity contribution in [2.45, 2.75) is 0 Å². The van der Waals surface area contributed by atoms with E-state index in [4.69, 9.17) is 22.1 Å². The molecular formula is C14H10ClF2NO2. The van der Waals surface area contributed by atoms with Crippen molar-refractivity contribution >= 4 is 23.1 Å². The molecule has 0 saturated heterocycles. The number of anilines is 1. The largest absolute Gasteiger partial charge is 0.495 e. The smallest absolute Gasteiger partial charge is 0.196 e. The van der Waals surface area contributed by atoms with Gasteiger partial charge in [-0.15, -0.1) is 0 Å². The summed E-state index contributed by atoms with van der Waals surface area (Å²) in [5.41, 5.74) is 4.55. The fraction of sp³-hybridized carbons (Fsp3) is 0.0714. The van der Waals surface area contributed by atoms with Crippen LogP contribution in [-0.4, -0.2) is 12.9 Å². The normalized spacial score (nSPS) is 10.4. The molecule has 2 N–H and O–H groups in total. The molecule has 0 bridgehead atoms. The first-order valence-corrected chi connectivity index (χ1v) is 5.94. The Labute approximate surface area is 118 Å². The van der Waals surface area contributed by atoms with E-state index >= 15 is 0 Å². The van der Waals surface area contributed by atoms with Gasteiger partial charge in [0, 0.05) is 5.56 Å². The Hall–Kier alpha value is -2.14. The van der Waals surface area contributed by atoms with Crippen molar-refractivity contribution in [1.29, 1.82) is 0 Å². The molecule has 0 aliphatic carbocycles. The Kier molecular flexibility index (Phi) is 3.90. The first-order chi connectivity index (χ1) is 9.43. The maximum atomic E-state index is 13.8. The van der Waals surface area contributed by atoms with Crippen molar-refractivity contribution in [2.75, 3.05) is 12.8 Å². The van der Waals surface area contributed by atoms with Gasteiger partial charge in [0.25, 0.3) is 0 Å². The van der Waals surface area contributed by atoms with E-state index in [1.54, 1.807) is 0 Å². The molecule has 0 aliphatic rings. The Morgan fingerprint density at radius 1 is 1.25 bits per heavy atom. The van der Waals surface area contributed by atoms with Gasteiger partial charge >= 0.3 is 0 Å². The van der Waals surface area contributed by atoms with Crippen molar-refractivity contribution in [3.63, 3.8) is 0 Å². The second kappa shape index (κ2) is 5.46. The number of hydrogen-bond donors (Lipinski definition) is 1. The molecule has 0 heterocycles. The van der Waals surface area contributed by atoms with Gasteiger partial charge < -0.3 is 10.5 Å². The molecule has 2 aromatic rings. The number of nitrogens with two attached hydrogens (primary N) is 1. The molecule has 0 spiro atoms. The van der Waals surface area contributed by atoms with E-state index in [1.807, 2.05) is 0 Å². The summed E-state index contributed by atoms with van der Waals surface area (Å²) >= 11 is 5.89. The Bertz CT molecular complexity index is 689. The number of ether oxygens (including phenoxy) is 1. The van der Waals surface area contributed by atoms with Gasteiger partial charge in [0.2, 0.25) is 0 Å².